The standard InChI is InChI=1S/C22H32O6/c1-22(2,3)28-20(24)14-18(23)13-19(27-21-11-7-8-12-26-21)16-25-15-17-9-5-4-6-10-17/h4-6,9-10,19,21H,7-8,11-16H2,1-3H3/t19-,21?/m0/s1. The Morgan fingerprint density at radius 2 is 1.93 bits per heavy atom. The summed E-state index contributed by atoms with van der Waals surface area (Å²) >= 11 is 0. The molecule has 2 rings (SSSR count). The van der Waals surface area contributed by atoms with E-state index in [0.29, 0.717) is 13.2 Å². The number of carbonyl (C=O) groups excluding carboxylic acids is 2. The zero-order chi connectivity index (χ0) is 20.4. The molecule has 6 heteroatoms. The Balaban J connectivity index is 1.85. The van der Waals surface area contributed by atoms with Crippen LogP contribution in [0.25, 0.3) is 0 Å². The third-order valence-electron chi connectivity index (χ3n) is 4.11. The highest BCUT2D eigenvalue weighted by atomic mass is 16.7. The van der Waals surface area contributed by atoms with Crippen molar-refractivity contribution in [3.8, 4) is 0 Å². The van der Waals surface area contributed by atoms with Gasteiger partial charge in [0.05, 0.1) is 19.3 Å². The number of rotatable bonds is 10. The van der Waals surface area contributed by atoms with E-state index in [1.54, 1.807) is 20.8 Å². The second-order valence-electron chi connectivity index (χ2n) is 8.06. The van der Waals surface area contributed by atoms with E-state index in [1.807, 2.05) is 30.3 Å². The van der Waals surface area contributed by atoms with Crippen LogP contribution in [-0.2, 0) is 35.1 Å². The number of Topliss-reactive ketones (excluding diaryl/α,β-unsaturated/α-hetero) is 1. The molecule has 0 bridgehead atoms. The van der Waals surface area contributed by atoms with Gasteiger partial charge in [0, 0.05) is 13.0 Å². The summed E-state index contributed by atoms with van der Waals surface area (Å²) in [6.07, 6.45) is 1.90. The van der Waals surface area contributed by atoms with E-state index in [-0.39, 0.29) is 31.5 Å². The van der Waals surface area contributed by atoms with Gasteiger partial charge >= 0.3 is 5.97 Å². The van der Waals surface area contributed by atoms with Crippen molar-refractivity contribution in [1.29, 1.82) is 0 Å². The average molecular weight is 392 g/mol. The monoisotopic (exact) mass is 392 g/mol. The summed E-state index contributed by atoms with van der Waals surface area (Å²) in [5, 5.41) is 0. The van der Waals surface area contributed by atoms with Crippen LogP contribution in [-0.4, -0.2) is 43.0 Å². The molecule has 28 heavy (non-hydrogen) atoms. The van der Waals surface area contributed by atoms with E-state index >= 15 is 0 Å². The van der Waals surface area contributed by atoms with Crippen molar-refractivity contribution in [3.63, 3.8) is 0 Å². The van der Waals surface area contributed by atoms with E-state index in [9.17, 15) is 9.59 Å². The molecular weight excluding hydrogens is 360 g/mol. The van der Waals surface area contributed by atoms with Crippen molar-refractivity contribution < 1.29 is 28.5 Å². The van der Waals surface area contributed by atoms with E-state index < -0.39 is 17.7 Å². The highest BCUT2D eigenvalue weighted by Gasteiger charge is 2.25. The molecule has 1 aromatic rings. The molecule has 1 heterocycles. The van der Waals surface area contributed by atoms with Crippen molar-refractivity contribution >= 4 is 11.8 Å². The third-order valence-corrected chi connectivity index (χ3v) is 4.11. The highest BCUT2D eigenvalue weighted by Crippen LogP contribution is 2.18. The Labute approximate surface area is 167 Å². The number of benzene rings is 1. The van der Waals surface area contributed by atoms with Crippen LogP contribution in [0, 0.1) is 0 Å². The number of ether oxygens (including phenoxy) is 4. The van der Waals surface area contributed by atoms with Gasteiger partial charge in [0.25, 0.3) is 0 Å². The first-order valence-electron chi connectivity index (χ1n) is 9.94. The van der Waals surface area contributed by atoms with Gasteiger partial charge < -0.3 is 18.9 Å². The summed E-state index contributed by atoms with van der Waals surface area (Å²) in [4.78, 5) is 24.2. The first kappa shape index (κ1) is 22.5. The lowest BCUT2D eigenvalue weighted by atomic mass is 10.1. The molecular formula is C22H32O6. The third kappa shape index (κ3) is 9.44. The predicted molar refractivity (Wildman–Crippen MR) is 105 cm³/mol. The second-order valence-corrected chi connectivity index (χ2v) is 8.06. The van der Waals surface area contributed by atoms with E-state index in [2.05, 4.69) is 0 Å². The van der Waals surface area contributed by atoms with Gasteiger partial charge in [-0.15, -0.1) is 0 Å². The van der Waals surface area contributed by atoms with Crippen LogP contribution in [0.1, 0.15) is 58.4 Å². The van der Waals surface area contributed by atoms with Gasteiger partial charge in [-0.05, 0) is 45.6 Å². The normalized spacial score (nSPS) is 18.5. The molecule has 156 valence electrons. The maximum atomic E-state index is 12.3. The van der Waals surface area contributed by atoms with Crippen molar-refractivity contribution in [2.24, 2.45) is 0 Å². The Hall–Kier alpha value is -1.76. The van der Waals surface area contributed by atoms with E-state index in [0.717, 1.165) is 24.8 Å². The van der Waals surface area contributed by atoms with Crippen molar-refractivity contribution in [3.05, 3.63) is 35.9 Å². The number of ketones is 1. The van der Waals surface area contributed by atoms with Crippen LogP contribution >= 0.6 is 0 Å². The zero-order valence-electron chi connectivity index (χ0n) is 17.1. The topological polar surface area (TPSA) is 71.1 Å². The Kier molecular flexibility index (Phi) is 9.09. The van der Waals surface area contributed by atoms with Gasteiger partial charge in [0.15, 0.2) is 6.29 Å². The number of esters is 1. The van der Waals surface area contributed by atoms with Crippen LogP contribution < -0.4 is 0 Å². The largest absolute Gasteiger partial charge is 0.460 e. The minimum Gasteiger partial charge on any atom is -0.460 e. The molecule has 0 spiro atoms. The summed E-state index contributed by atoms with van der Waals surface area (Å²) in [6, 6.07) is 9.81. The smallest absolute Gasteiger partial charge is 0.313 e. The molecule has 1 aliphatic rings. The molecule has 6 nitrogen and oxygen atoms in total. The summed E-state index contributed by atoms with van der Waals surface area (Å²) in [6.45, 7) is 6.69. The summed E-state index contributed by atoms with van der Waals surface area (Å²) < 4.78 is 22.6. The minimum absolute atomic E-state index is 0.0912. The van der Waals surface area contributed by atoms with Crippen molar-refractivity contribution in [1.82, 2.24) is 0 Å². The molecule has 0 aliphatic carbocycles. The van der Waals surface area contributed by atoms with Crippen LogP contribution in [0.2, 0.25) is 0 Å². The van der Waals surface area contributed by atoms with Crippen molar-refractivity contribution in [2.75, 3.05) is 13.2 Å². The van der Waals surface area contributed by atoms with Crippen LogP contribution in [0.15, 0.2) is 30.3 Å². The maximum absolute atomic E-state index is 12.3. The van der Waals surface area contributed by atoms with Gasteiger partial charge in [0.1, 0.15) is 17.8 Å². The van der Waals surface area contributed by atoms with Gasteiger partial charge in [-0.25, -0.2) is 0 Å². The zero-order valence-corrected chi connectivity index (χ0v) is 17.1. The van der Waals surface area contributed by atoms with Crippen LogP contribution in [0.5, 0.6) is 0 Å². The lowest BCUT2D eigenvalue weighted by Gasteiger charge is -2.27. The molecule has 2 atom stereocenters. The quantitative estimate of drug-likeness (QED) is 0.445. The highest BCUT2D eigenvalue weighted by molar-refractivity contribution is 5.95. The lowest BCUT2D eigenvalue weighted by molar-refractivity contribution is -0.199. The fraction of sp³-hybridized carbons (Fsp3) is 0.636. The first-order chi connectivity index (χ1) is 13.3. The molecule has 0 radical (unpaired) electrons. The van der Waals surface area contributed by atoms with Crippen LogP contribution in [0.4, 0.5) is 0 Å². The molecule has 1 aromatic carbocycles. The fourth-order valence-corrected chi connectivity index (χ4v) is 2.93. The summed E-state index contributed by atoms with van der Waals surface area (Å²) in [5.41, 5.74) is 0.442. The summed E-state index contributed by atoms with van der Waals surface area (Å²) in [7, 11) is 0. The number of hydrogen-bond acceptors (Lipinski definition) is 6. The predicted octanol–water partition coefficient (Wildman–Crippen LogP) is 3.81. The number of carbonyl (C=O) groups is 2. The molecule has 0 saturated carbocycles. The SMILES string of the molecule is CC(C)(C)OC(=O)CC(=O)C[C@@H](COCc1ccccc1)OC1CCCCO1. The molecule has 0 amide bonds. The molecule has 1 aliphatic heterocycles. The fourth-order valence-electron chi connectivity index (χ4n) is 2.93. The van der Waals surface area contributed by atoms with Gasteiger partial charge in [0.2, 0.25) is 0 Å². The maximum Gasteiger partial charge on any atom is 0.313 e. The molecule has 1 saturated heterocycles. The first-order valence-corrected chi connectivity index (χ1v) is 9.94. The lowest BCUT2D eigenvalue weighted by Crippen LogP contribution is -2.33. The van der Waals surface area contributed by atoms with Crippen LogP contribution in [0.3, 0.4) is 0 Å². The van der Waals surface area contributed by atoms with Gasteiger partial charge in [-0.3, -0.25) is 9.59 Å². The summed E-state index contributed by atoms with van der Waals surface area (Å²) in [5.74, 6) is -0.742. The van der Waals surface area contributed by atoms with Gasteiger partial charge in [-0.1, -0.05) is 30.3 Å². The Bertz CT molecular complexity index is 601. The minimum atomic E-state index is -0.609. The van der Waals surface area contributed by atoms with E-state index in [1.165, 1.54) is 0 Å². The Morgan fingerprint density at radius 1 is 1.18 bits per heavy atom. The Morgan fingerprint density at radius 3 is 2.57 bits per heavy atom. The molecule has 1 fully saturated rings. The van der Waals surface area contributed by atoms with Crippen molar-refractivity contribution in [2.45, 2.75) is 77.5 Å². The van der Waals surface area contributed by atoms with Gasteiger partial charge in [-0.2, -0.15) is 0 Å². The second kappa shape index (κ2) is 11.3. The molecule has 0 aromatic heterocycles. The average Bonchev–Trinajstić information content (AvgIpc) is 2.61. The van der Waals surface area contributed by atoms with E-state index in [4.69, 9.17) is 18.9 Å². The molecule has 0 N–H and O–H groups in total. The number of hydrogen-bond donors (Lipinski definition) is 0. The molecule has 1 unspecified atom stereocenters.